The second-order valence-corrected chi connectivity index (χ2v) is 6.22. The molecule has 0 saturated carbocycles. The highest BCUT2D eigenvalue weighted by Crippen LogP contribution is 2.17. The van der Waals surface area contributed by atoms with E-state index in [2.05, 4.69) is 39.7 Å². The summed E-state index contributed by atoms with van der Waals surface area (Å²) in [7, 11) is 0. The van der Waals surface area contributed by atoms with E-state index in [1.807, 2.05) is 44.2 Å². The lowest BCUT2D eigenvalue weighted by Gasteiger charge is -2.08. The van der Waals surface area contributed by atoms with Crippen molar-refractivity contribution in [3.63, 3.8) is 0 Å². The summed E-state index contributed by atoms with van der Waals surface area (Å²) in [5.41, 5.74) is 5.55. The van der Waals surface area contributed by atoms with E-state index in [1.54, 1.807) is 6.20 Å². The second-order valence-electron chi connectivity index (χ2n) is 6.22. The van der Waals surface area contributed by atoms with Crippen molar-refractivity contribution in [2.24, 2.45) is 0 Å². The number of hydrogen-bond acceptors (Lipinski definition) is 4. The van der Waals surface area contributed by atoms with Crippen LogP contribution in [0.2, 0.25) is 0 Å². The number of benzene rings is 2. The van der Waals surface area contributed by atoms with Crippen LogP contribution in [-0.4, -0.2) is 15.9 Å². The van der Waals surface area contributed by atoms with Crippen LogP contribution in [0.3, 0.4) is 0 Å². The Bertz CT molecular complexity index is 902. The average molecular weight is 346 g/mol. The zero-order valence-corrected chi connectivity index (χ0v) is 15.2. The second kappa shape index (κ2) is 7.78. The Morgan fingerprint density at radius 2 is 1.65 bits per heavy atom. The van der Waals surface area contributed by atoms with Gasteiger partial charge >= 0.3 is 0 Å². The number of hydrogen-bond donors (Lipinski definition) is 2. The van der Waals surface area contributed by atoms with Crippen LogP contribution in [0.25, 0.3) is 0 Å². The smallest absolute Gasteiger partial charge is 0.275 e. The van der Waals surface area contributed by atoms with Crippen LogP contribution in [0, 0.1) is 13.8 Å². The summed E-state index contributed by atoms with van der Waals surface area (Å²) in [6.07, 6.45) is 4.03. The summed E-state index contributed by atoms with van der Waals surface area (Å²) in [4.78, 5) is 20.8. The number of amides is 1. The monoisotopic (exact) mass is 346 g/mol. The van der Waals surface area contributed by atoms with Gasteiger partial charge in [-0.3, -0.25) is 4.79 Å². The lowest BCUT2D eigenvalue weighted by atomic mass is 10.1. The molecule has 3 rings (SSSR count). The quantitative estimate of drug-likeness (QED) is 0.705. The van der Waals surface area contributed by atoms with Crippen molar-refractivity contribution in [2.45, 2.75) is 27.2 Å². The fourth-order valence-corrected chi connectivity index (χ4v) is 2.50. The van der Waals surface area contributed by atoms with Crippen molar-refractivity contribution in [3.05, 3.63) is 77.2 Å². The number of rotatable bonds is 5. The highest BCUT2D eigenvalue weighted by molar-refractivity contribution is 6.02. The molecular weight excluding hydrogens is 324 g/mol. The first-order valence-corrected chi connectivity index (χ1v) is 8.62. The molecule has 5 heteroatoms. The van der Waals surface area contributed by atoms with Gasteiger partial charge in [-0.1, -0.05) is 25.1 Å². The highest BCUT2D eigenvalue weighted by Gasteiger charge is 2.09. The zero-order valence-electron chi connectivity index (χ0n) is 15.2. The highest BCUT2D eigenvalue weighted by atomic mass is 16.1. The molecule has 0 atom stereocenters. The fraction of sp³-hybridized carbons (Fsp3) is 0.190. The number of aryl methyl sites for hydroxylation is 3. The first-order valence-electron chi connectivity index (χ1n) is 8.62. The predicted molar refractivity (Wildman–Crippen MR) is 105 cm³/mol. The van der Waals surface area contributed by atoms with Gasteiger partial charge in [-0.05, 0) is 61.2 Å². The third-order valence-electron chi connectivity index (χ3n) is 4.28. The molecule has 0 fully saturated rings. The number of carbonyl (C=O) groups excluding carboxylic acids is 1. The molecule has 26 heavy (non-hydrogen) atoms. The third-order valence-corrected chi connectivity index (χ3v) is 4.28. The van der Waals surface area contributed by atoms with E-state index in [-0.39, 0.29) is 11.6 Å². The molecule has 132 valence electrons. The van der Waals surface area contributed by atoms with Crippen LogP contribution < -0.4 is 10.6 Å². The van der Waals surface area contributed by atoms with Gasteiger partial charge in [0.25, 0.3) is 5.91 Å². The molecule has 0 unspecified atom stereocenters. The number of anilines is 3. The van der Waals surface area contributed by atoms with Gasteiger partial charge in [0.15, 0.2) is 0 Å². The largest absolute Gasteiger partial charge is 0.339 e. The van der Waals surface area contributed by atoms with Crippen molar-refractivity contribution >= 4 is 23.1 Å². The van der Waals surface area contributed by atoms with Gasteiger partial charge in [0.1, 0.15) is 11.5 Å². The van der Waals surface area contributed by atoms with Gasteiger partial charge in [-0.15, -0.1) is 0 Å². The number of nitrogens with one attached hydrogen (secondary N) is 2. The van der Waals surface area contributed by atoms with Crippen LogP contribution in [0.5, 0.6) is 0 Å². The Morgan fingerprint density at radius 1 is 0.923 bits per heavy atom. The van der Waals surface area contributed by atoms with E-state index in [0.29, 0.717) is 5.82 Å². The summed E-state index contributed by atoms with van der Waals surface area (Å²) in [6, 6.07) is 13.9. The molecule has 1 heterocycles. The molecule has 0 aliphatic rings. The Kier molecular flexibility index (Phi) is 5.27. The van der Waals surface area contributed by atoms with Gasteiger partial charge in [0, 0.05) is 11.4 Å². The Morgan fingerprint density at radius 3 is 2.27 bits per heavy atom. The molecule has 0 radical (unpaired) electrons. The van der Waals surface area contributed by atoms with Crippen LogP contribution >= 0.6 is 0 Å². The standard InChI is InChI=1S/C21H22N4O/c1-4-16-6-9-17(10-7-16)24-20-13-22-19(12-23-20)21(26)25-18-8-5-14(2)15(3)11-18/h5-13H,4H2,1-3H3,(H,23,24)(H,25,26). The normalized spacial score (nSPS) is 10.4. The van der Waals surface area contributed by atoms with Gasteiger partial charge in [0.2, 0.25) is 0 Å². The molecule has 2 N–H and O–H groups in total. The maximum atomic E-state index is 12.3. The molecule has 1 amide bonds. The van der Waals surface area contributed by atoms with E-state index < -0.39 is 0 Å². The minimum atomic E-state index is -0.278. The lowest BCUT2D eigenvalue weighted by molar-refractivity contribution is 0.102. The van der Waals surface area contributed by atoms with Gasteiger partial charge in [-0.2, -0.15) is 0 Å². The van der Waals surface area contributed by atoms with E-state index in [9.17, 15) is 4.79 Å². The van der Waals surface area contributed by atoms with Gasteiger partial charge in [0.05, 0.1) is 12.4 Å². The van der Waals surface area contributed by atoms with E-state index in [0.717, 1.165) is 23.4 Å². The number of aromatic nitrogens is 2. The first kappa shape index (κ1) is 17.6. The molecule has 2 aromatic carbocycles. The van der Waals surface area contributed by atoms with Crippen LogP contribution in [0.1, 0.15) is 34.1 Å². The molecule has 0 aliphatic carbocycles. The Balaban J connectivity index is 1.66. The first-order chi connectivity index (χ1) is 12.5. The fourth-order valence-electron chi connectivity index (χ4n) is 2.50. The van der Waals surface area contributed by atoms with Gasteiger partial charge in [-0.25, -0.2) is 9.97 Å². The molecule has 5 nitrogen and oxygen atoms in total. The number of nitrogens with zero attached hydrogens (tertiary/aromatic N) is 2. The molecule has 3 aromatic rings. The Hall–Kier alpha value is -3.21. The topological polar surface area (TPSA) is 66.9 Å². The van der Waals surface area contributed by atoms with Crippen LogP contribution in [-0.2, 0) is 6.42 Å². The predicted octanol–water partition coefficient (Wildman–Crippen LogP) is 4.65. The SMILES string of the molecule is CCc1ccc(Nc2cnc(C(=O)Nc3ccc(C)c(C)c3)cn2)cc1. The number of carbonyl (C=O) groups is 1. The van der Waals surface area contributed by atoms with Gasteiger partial charge < -0.3 is 10.6 Å². The van der Waals surface area contributed by atoms with Crippen LogP contribution in [0.15, 0.2) is 54.9 Å². The minimum absolute atomic E-state index is 0.273. The summed E-state index contributed by atoms with van der Waals surface area (Å²) in [5, 5.41) is 6.03. The maximum absolute atomic E-state index is 12.3. The minimum Gasteiger partial charge on any atom is -0.339 e. The molecular formula is C21H22N4O. The molecule has 0 aliphatic heterocycles. The van der Waals surface area contributed by atoms with Crippen LogP contribution in [0.4, 0.5) is 17.2 Å². The third kappa shape index (κ3) is 4.25. The lowest BCUT2D eigenvalue weighted by Crippen LogP contribution is -2.14. The zero-order chi connectivity index (χ0) is 18.5. The molecule has 0 saturated heterocycles. The average Bonchev–Trinajstić information content (AvgIpc) is 2.66. The van der Waals surface area contributed by atoms with E-state index in [1.165, 1.54) is 17.3 Å². The summed E-state index contributed by atoms with van der Waals surface area (Å²) in [6.45, 7) is 6.17. The summed E-state index contributed by atoms with van der Waals surface area (Å²) in [5.74, 6) is 0.316. The van der Waals surface area contributed by atoms with E-state index >= 15 is 0 Å². The summed E-state index contributed by atoms with van der Waals surface area (Å²) < 4.78 is 0. The van der Waals surface area contributed by atoms with Crippen molar-refractivity contribution in [1.82, 2.24) is 9.97 Å². The Labute approximate surface area is 153 Å². The van der Waals surface area contributed by atoms with Crippen molar-refractivity contribution in [2.75, 3.05) is 10.6 Å². The molecule has 0 spiro atoms. The molecule has 0 bridgehead atoms. The van der Waals surface area contributed by atoms with Crippen molar-refractivity contribution in [3.8, 4) is 0 Å². The maximum Gasteiger partial charge on any atom is 0.275 e. The van der Waals surface area contributed by atoms with E-state index in [4.69, 9.17) is 0 Å². The van der Waals surface area contributed by atoms with Crippen molar-refractivity contribution < 1.29 is 4.79 Å². The summed E-state index contributed by atoms with van der Waals surface area (Å²) >= 11 is 0. The van der Waals surface area contributed by atoms with Crippen molar-refractivity contribution in [1.29, 1.82) is 0 Å². The molecule has 1 aromatic heterocycles.